The van der Waals surface area contributed by atoms with Crippen molar-refractivity contribution in [2.45, 2.75) is 5.37 Å². The summed E-state index contributed by atoms with van der Waals surface area (Å²) in [5.74, 6) is 3.78. The van der Waals surface area contributed by atoms with Crippen LogP contribution in [0.2, 0.25) is 0 Å². The van der Waals surface area contributed by atoms with E-state index in [0.29, 0.717) is 5.37 Å². The van der Waals surface area contributed by atoms with E-state index in [9.17, 15) is 0 Å². The lowest BCUT2D eigenvalue weighted by molar-refractivity contribution is 0.843. The molecule has 0 saturated carbocycles. The normalized spacial score (nSPS) is 23.8. The van der Waals surface area contributed by atoms with Crippen molar-refractivity contribution < 1.29 is 0 Å². The predicted molar refractivity (Wildman–Crippen MR) is 57.4 cm³/mol. The van der Waals surface area contributed by atoms with Gasteiger partial charge >= 0.3 is 0 Å². The quantitative estimate of drug-likeness (QED) is 0.785. The Hall–Kier alpha value is -0.220. The molecule has 1 aliphatic rings. The van der Waals surface area contributed by atoms with Crippen LogP contribution in [0.4, 0.5) is 0 Å². The highest BCUT2D eigenvalue weighted by molar-refractivity contribution is 8.06. The molecule has 0 amide bonds. The van der Waals surface area contributed by atoms with Gasteiger partial charge < -0.3 is 5.43 Å². The Labute approximate surface area is 81.1 Å². The lowest BCUT2D eigenvalue weighted by atomic mass is 10.7. The third-order valence-corrected chi connectivity index (χ3v) is 4.36. The lowest BCUT2D eigenvalue weighted by Gasteiger charge is -2.23. The fourth-order valence-corrected chi connectivity index (χ4v) is 3.62. The molecule has 12 heavy (non-hydrogen) atoms. The SMILES string of the molecule is c1ccn(NC2CSCCS2)c1. The molecule has 0 aromatic carbocycles. The second kappa shape index (κ2) is 4.14. The molecule has 2 rings (SSSR count). The Balaban J connectivity index is 1.86. The van der Waals surface area contributed by atoms with Crippen LogP contribution < -0.4 is 5.43 Å². The summed E-state index contributed by atoms with van der Waals surface area (Å²) in [6.07, 6.45) is 4.08. The van der Waals surface area contributed by atoms with E-state index in [1.807, 2.05) is 52.7 Å². The molecule has 66 valence electrons. The minimum absolute atomic E-state index is 0.580. The molecule has 1 saturated heterocycles. The number of nitrogens with one attached hydrogen (secondary N) is 1. The fraction of sp³-hybridized carbons (Fsp3) is 0.500. The zero-order chi connectivity index (χ0) is 8.23. The Morgan fingerprint density at radius 2 is 2.08 bits per heavy atom. The maximum atomic E-state index is 3.42. The summed E-state index contributed by atoms with van der Waals surface area (Å²) < 4.78 is 2.03. The Bertz CT molecular complexity index is 217. The third kappa shape index (κ3) is 2.14. The molecule has 1 unspecified atom stereocenters. The van der Waals surface area contributed by atoms with Gasteiger partial charge in [0, 0.05) is 29.7 Å². The second-order valence-corrected chi connectivity index (χ2v) is 5.11. The van der Waals surface area contributed by atoms with Crippen LogP contribution in [-0.4, -0.2) is 27.3 Å². The molecule has 0 radical (unpaired) electrons. The van der Waals surface area contributed by atoms with Crippen molar-refractivity contribution in [2.24, 2.45) is 0 Å². The van der Waals surface area contributed by atoms with Gasteiger partial charge in [-0.3, -0.25) is 4.68 Å². The van der Waals surface area contributed by atoms with Crippen molar-refractivity contribution in [3.8, 4) is 0 Å². The molecule has 2 nitrogen and oxygen atoms in total. The molecule has 0 bridgehead atoms. The van der Waals surface area contributed by atoms with Gasteiger partial charge in [0.25, 0.3) is 0 Å². The molecule has 1 N–H and O–H groups in total. The van der Waals surface area contributed by atoms with Gasteiger partial charge in [-0.25, -0.2) is 0 Å². The van der Waals surface area contributed by atoms with Gasteiger partial charge in [-0.05, 0) is 12.1 Å². The third-order valence-electron chi connectivity index (χ3n) is 1.71. The van der Waals surface area contributed by atoms with Crippen molar-refractivity contribution in [3.05, 3.63) is 24.5 Å². The molecular formula is C8H12N2S2. The van der Waals surface area contributed by atoms with Crippen LogP contribution >= 0.6 is 23.5 Å². The smallest absolute Gasteiger partial charge is 0.0966 e. The van der Waals surface area contributed by atoms with Crippen LogP contribution in [-0.2, 0) is 0 Å². The first-order valence-electron chi connectivity index (χ1n) is 4.04. The Morgan fingerprint density at radius 1 is 1.25 bits per heavy atom. The predicted octanol–water partition coefficient (Wildman–Crippen LogP) is 1.84. The van der Waals surface area contributed by atoms with Gasteiger partial charge in [0.05, 0.1) is 5.37 Å². The molecule has 0 spiro atoms. The molecule has 2 heterocycles. The first-order valence-corrected chi connectivity index (χ1v) is 6.24. The number of hydrogen-bond acceptors (Lipinski definition) is 3. The monoisotopic (exact) mass is 200 g/mol. The molecule has 0 aliphatic carbocycles. The zero-order valence-electron chi connectivity index (χ0n) is 6.77. The van der Waals surface area contributed by atoms with Gasteiger partial charge in [0.15, 0.2) is 0 Å². The van der Waals surface area contributed by atoms with Gasteiger partial charge in [-0.15, -0.1) is 11.8 Å². The molecule has 1 aromatic rings. The van der Waals surface area contributed by atoms with Crippen molar-refractivity contribution in [2.75, 3.05) is 22.7 Å². The maximum absolute atomic E-state index is 3.42. The number of hydrogen-bond donors (Lipinski definition) is 1. The van der Waals surface area contributed by atoms with Crippen molar-refractivity contribution in [1.29, 1.82) is 0 Å². The summed E-state index contributed by atoms with van der Waals surface area (Å²) in [5.41, 5.74) is 3.42. The van der Waals surface area contributed by atoms with Gasteiger partial charge in [-0.1, -0.05) is 0 Å². The van der Waals surface area contributed by atoms with Gasteiger partial charge in [0.2, 0.25) is 0 Å². The first-order chi connectivity index (χ1) is 5.95. The number of thioether (sulfide) groups is 2. The van der Waals surface area contributed by atoms with E-state index < -0.39 is 0 Å². The standard InChI is InChI=1S/C8H12N2S2/c1-2-4-10(3-1)9-8-7-11-5-6-12-8/h1-4,8-9H,5-7H2. The van der Waals surface area contributed by atoms with Crippen LogP contribution in [0.15, 0.2) is 24.5 Å². The topological polar surface area (TPSA) is 17.0 Å². The van der Waals surface area contributed by atoms with Crippen molar-refractivity contribution in [1.82, 2.24) is 4.68 Å². The molecule has 1 aromatic heterocycles. The van der Waals surface area contributed by atoms with E-state index in [0.717, 1.165) is 0 Å². The van der Waals surface area contributed by atoms with Crippen molar-refractivity contribution >= 4 is 23.5 Å². The van der Waals surface area contributed by atoms with Crippen LogP contribution in [0, 0.1) is 0 Å². The summed E-state index contributed by atoms with van der Waals surface area (Å²) >= 11 is 4.04. The number of nitrogens with zero attached hydrogens (tertiary/aromatic N) is 1. The average molecular weight is 200 g/mol. The summed E-state index contributed by atoms with van der Waals surface area (Å²) in [7, 11) is 0. The number of aromatic nitrogens is 1. The highest BCUT2D eigenvalue weighted by Crippen LogP contribution is 2.22. The van der Waals surface area contributed by atoms with Crippen molar-refractivity contribution in [3.63, 3.8) is 0 Å². The first kappa shape index (κ1) is 8.38. The minimum atomic E-state index is 0.580. The van der Waals surface area contributed by atoms with E-state index >= 15 is 0 Å². The van der Waals surface area contributed by atoms with Crippen LogP contribution in [0.5, 0.6) is 0 Å². The maximum Gasteiger partial charge on any atom is 0.0966 e. The highest BCUT2D eigenvalue weighted by Gasteiger charge is 2.12. The Morgan fingerprint density at radius 3 is 2.75 bits per heavy atom. The summed E-state index contributed by atoms with van der Waals surface area (Å²) in [4.78, 5) is 0. The zero-order valence-corrected chi connectivity index (χ0v) is 8.40. The fourth-order valence-electron chi connectivity index (χ4n) is 1.15. The largest absolute Gasteiger partial charge is 0.313 e. The van der Waals surface area contributed by atoms with E-state index in [2.05, 4.69) is 5.43 Å². The molecule has 4 heteroatoms. The van der Waals surface area contributed by atoms with E-state index in [4.69, 9.17) is 0 Å². The lowest BCUT2D eigenvalue weighted by Crippen LogP contribution is -2.29. The number of rotatable bonds is 2. The van der Waals surface area contributed by atoms with Crippen LogP contribution in [0.1, 0.15) is 0 Å². The van der Waals surface area contributed by atoms with Crippen LogP contribution in [0.3, 0.4) is 0 Å². The average Bonchev–Trinajstić information content (AvgIpc) is 2.59. The van der Waals surface area contributed by atoms with Gasteiger partial charge in [0.1, 0.15) is 0 Å². The van der Waals surface area contributed by atoms with E-state index in [1.165, 1.54) is 17.3 Å². The Kier molecular flexibility index (Phi) is 2.89. The summed E-state index contributed by atoms with van der Waals surface area (Å²) in [5, 5.41) is 0.580. The minimum Gasteiger partial charge on any atom is -0.313 e. The summed E-state index contributed by atoms with van der Waals surface area (Å²) in [6, 6.07) is 4.07. The van der Waals surface area contributed by atoms with Crippen LogP contribution in [0.25, 0.3) is 0 Å². The second-order valence-electron chi connectivity index (χ2n) is 2.65. The molecule has 1 atom stereocenters. The van der Waals surface area contributed by atoms with E-state index in [-0.39, 0.29) is 0 Å². The van der Waals surface area contributed by atoms with E-state index in [1.54, 1.807) is 0 Å². The summed E-state index contributed by atoms with van der Waals surface area (Å²) in [6.45, 7) is 0. The molecular weight excluding hydrogens is 188 g/mol. The van der Waals surface area contributed by atoms with Gasteiger partial charge in [-0.2, -0.15) is 11.8 Å². The highest BCUT2D eigenvalue weighted by atomic mass is 32.2. The molecule has 1 fully saturated rings. The molecule has 1 aliphatic heterocycles.